The lowest BCUT2D eigenvalue weighted by Crippen LogP contribution is -2.69. The molecule has 6 saturated heterocycles. The third-order valence-electron chi connectivity index (χ3n) is 12.4. The van der Waals surface area contributed by atoms with Crippen molar-refractivity contribution in [2.45, 2.75) is 181 Å². The Hall–Kier alpha value is -0.700. The number of rotatable bonds is 2. The van der Waals surface area contributed by atoms with Gasteiger partial charge < -0.3 is 53.6 Å². The Bertz CT molecular complexity index is 1150. The SMILES string of the molecule is C[C@@]12CC[C@]3(C)O[C@]4(C)C[C@@H]5O[C@@H]6C[C@H](O)[C@@](C)(CO)O[C@H]6C=C[C@H]5O[C@H]4C[C@H]3O[C@H]1C[C@@]1(C)O[C@@](C)(CO)[C@H](O)C[C@@H]1O2. The van der Waals surface area contributed by atoms with E-state index < -0.39 is 51.9 Å². The van der Waals surface area contributed by atoms with Crippen LogP contribution in [0.3, 0.4) is 0 Å². The van der Waals surface area contributed by atoms with Crippen molar-refractivity contribution in [2.24, 2.45) is 0 Å². The normalized spacial score (nSPS) is 60.3. The molecule has 7 rings (SSSR count). The highest BCUT2D eigenvalue weighted by Gasteiger charge is 2.64. The van der Waals surface area contributed by atoms with Gasteiger partial charge in [-0.05, 0) is 54.4 Å². The molecule has 0 unspecified atom stereocenters. The minimum atomic E-state index is -1.06. The minimum Gasteiger partial charge on any atom is -0.393 e. The number of aliphatic hydroxyl groups excluding tert-OH is 4. The van der Waals surface area contributed by atoms with E-state index in [0.29, 0.717) is 32.1 Å². The molecular formula is C33H52O11. The summed E-state index contributed by atoms with van der Waals surface area (Å²) in [7, 11) is 0. The Kier molecular flexibility index (Phi) is 7.53. The van der Waals surface area contributed by atoms with Crippen LogP contribution >= 0.6 is 0 Å². The summed E-state index contributed by atoms with van der Waals surface area (Å²) in [5.41, 5.74) is -4.62. The molecule has 0 aromatic rings. The molecule has 0 radical (unpaired) electrons. The first-order valence-electron chi connectivity index (χ1n) is 16.5. The first kappa shape index (κ1) is 31.9. The van der Waals surface area contributed by atoms with E-state index in [1.165, 1.54) is 0 Å². The third kappa shape index (κ3) is 4.87. The first-order chi connectivity index (χ1) is 20.6. The summed E-state index contributed by atoms with van der Waals surface area (Å²) in [5.74, 6) is 0. The molecule has 0 aromatic heterocycles. The molecule has 0 aliphatic carbocycles. The molecule has 4 N–H and O–H groups in total. The Labute approximate surface area is 260 Å². The fraction of sp³-hybridized carbons (Fsp3) is 0.939. The Morgan fingerprint density at radius 1 is 0.568 bits per heavy atom. The van der Waals surface area contributed by atoms with Crippen LogP contribution in [0.2, 0.25) is 0 Å². The molecule has 7 aliphatic rings. The van der Waals surface area contributed by atoms with Gasteiger partial charge in [0.15, 0.2) is 0 Å². The Balaban J connectivity index is 1.11. The fourth-order valence-electron chi connectivity index (χ4n) is 9.12. The van der Waals surface area contributed by atoms with Gasteiger partial charge in [0.1, 0.15) is 23.4 Å². The van der Waals surface area contributed by atoms with E-state index in [2.05, 4.69) is 20.8 Å². The summed E-state index contributed by atoms with van der Waals surface area (Å²) < 4.78 is 46.8. The molecular weight excluding hydrogens is 572 g/mol. The van der Waals surface area contributed by atoms with Crippen molar-refractivity contribution in [2.75, 3.05) is 13.2 Å². The van der Waals surface area contributed by atoms with Crippen molar-refractivity contribution < 1.29 is 53.6 Å². The van der Waals surface area contributed by atoms with Crippen LogP contribution in [0.1, 0.15) is 86.5 Å². The highest BCUT2D eigenvalue weighted by Crippen LogP contribution is 2.55. The summed E-state index contributed by atoms with van der Waals surface area (Å²) in [6, 6.07) is 0. The van der Waals surface area contributed by atoms with Crippen molar-refractivity contribution in [3.8, 4) is 0 Å². The van der Waals surface area contributed by atoms with Gasteiger partial charge in [0.05, 0.1) is 84.4 Å². The highest BCUT2D eigenvalue weighted by molar-refractivity contribution is 5.16. The average Bonchev–Trinajstić information content (AvgIpc) is 3.17. The minimum absolute atomic E-state index is 0.236. The zero-order valence-corrected chi connectivity index (χ0v) is 26.9. The van der Waals surface area contributed by atoms with Crippen LogP contribution in [0.15, 0.2) is 12.2 Å². The Morgan fingerprint density at radius 3 is 1.93 bits per heavy atom. The zero-order valence-electron chi connectivity index (χ0n) is 26.9. The summed E-state index contributed by atoms with van der Waals surface area (Å²) in [4.78, 5) is 0. The average molecular weight is 625 g/mol. The van der Waals surface area contributed by atoms with Crippen LogP contribution in [0, 0.1) is 0 Å². The van der Waals surface area contributed by atoms with E-state index in [0.717, 1.165) is 12.8 Å². The van der Waals surface area contributed by atoms with Crippen LogP contribution in [-0.2, 0) is 33.2 Å². The summed E-state index contributed by atoms with van der Waals surface area (Å²) in [6.07, 6.45) is 3.93. The van der Waals surface area contributed by atoms with E-state index in [9.17, 15) is 20.4 Å². The lowest BCUT2D eigenvalue weighted by molar-refractivity contribution is -0.352. The molecule has 16 atom stereocenters. The van der Waals surface area contributed by atoms with Crippen LogP contribution < -0.4 is 0 Å². The van der Waals surface area contributed by atoms with Crippen molar-refractivity contribution in [1.82, 2.24) is 0 Å². The predicted octanol–water partition coefficient (Wildman–Crippen LogP) is 1.69. The standard InChI is InChI=1S/C33H52O11/c1-28-9-10-29(2)24(40-27(28)15-31(4)26(42-28)12-23(37)33(6,17-35)44-31)13-25-30(3,43-29)14-21-18(39-25)7-8-19-20(38-21)11-22(36)32(5,16-34)41-19/h7-8,18-27,34-37H,9-17H2,1-6H3/t18-,19+,20-,21+,22+,23-,24-,25+,26+,27+,28-,29+,30-,31-,32-,33+/m1/s1. The highest BCUT2D eigenvalue weighted by atomic mass is 16.6. The molecule has 0 spiro atoms. The number of hydrogen-bond acceptors (Lipinski definition) is 11. The molecule has 7 aliphatic heterocycles. The summed E-state index contributed by atoms with van der Waals surface area (Å²) in [6.45, 7) is 11.3. The molecule has 44 heavy (non-hydrogen) atoms. The molecule has 11 nitrogen and oxygen atoms in total. The quantitative estimate of drug-likeness (QED) is 0.333. The molecule has 0 aromatic carbocycles. The van der Waals surface area contributed by atoms with E-state index in [1.54, 1.807) is 13.8 Å². The van der Waals surface area contributed by atoms with E-state index >= 15 is 0 Å². The van der Waals surface area contributed by atoms with Gasteiger partial charge in [-0.3, -0.25) is 0 Å². The third-order valence-corrected chi connectivity index (χ3v) is 12.4. The lowest BCUT2D eigenvalue weighted by atomic mass is 9.73. The molecule has 7 heterocycles. The second-order valence-electron chi connectivity index (χ2n) is 16.0. The second-order valence-corrected chi connectivity index (χ2v) is 16.0. The van der Waals surface area contributed by atoms with Gasteiger partial charge in [0, 0.05) is 32.1 Å². The van der Waals surface area contributed by atoms with Crippen LogP contribution in [-0.4, -0.2) is 128 Å². The van der Waals surface area contributed by atoms with Crippen LogP contribution in [0.4, 0.5) is 0 Å². The van der Waals surface area contributed by atoms with Crippen molar-refractivity contribution in [3.63, 3.8) is 0 Å². The maximum absolute atomic E-state index is 10.8. The zero-order chi connectivity index (χ0) is 31.5. The van der Waals surface area contributed by atoms with E-state index in [1.807, 2.05) is 19.1 Å². The molecule has 0 bridgehead atoms. The van der Waals surface area contributed by atoms with E-state index in [4.69, 9.17) is 33.2 Å². The monoisotopic (exact) mass is 624 g/mol. The van der Waals surface area contributed by atoms with Gasteiger partial charge in [-0.1, -0.05) is 12.2 Å². The second kappa shape index (κ2) is 10.4. The van der Waals surface area contributed by atoms with Gasteiger partial charge in [-0.25, -0.2) is 0 Å². The topological polar surface area (TPSA) is 146 Å². The van der Waals surface area contributed by atoms with Gasteiger partial charge >= 0.3 is 0 Å². The van der Waals surface area contributed by atoms with Gasteiger partial charge in [0.2, 0.25) is 0 Å². The number of fused-ring (bicyclic) bond motifs is 6. The maximum atomic E-state index is 10.8. The molecule has 0 amide bonds. The van der Waals surface area contributed by atoms with Gasteiger partial charge in [0.25, 0.3) is 0 Å². The number of ether oxygens (including phenoxy) is 7. The molecule has 6 fully saturated rings. The largest absolute Gasteiger partial charge is 0.393 e. The summed E-state index contributed by atoms with van der Waals surface area (Å²) in [5, 5.41) is 41.5. The van der Waals surface area contributed by atoms with E-state index in [-0.39, 0.29) is 55.9 Å². The predicted molar refractivity (Wildman–Crippen MR) is 156 cm³/mol. The van der Waals surface area contributed by atoms with Crippen molar-refractivity contribution in [1.29, 1.82) is 0 Å². The summed E-state index contributed by atoms with van der Waals surface area (Å²) >= 11 is 0. The van der Waals surface area contributed by atoms with Gasteiger partial charge in [-0.15, -0.1) is 0 Å². The van der Waals surface area contributed by atoms with Gasteiger partial charge in [-0.2, -0.15) is 0 Å². The van der Waals surface area contributed by atoms with Crippen molar-refractivity contribution in [3.05, 3.63) is 12.2 Å². The maximum Gasteiger partial charge on any atom is 0.115 e. The van der Waals surface area contributed by atoms with Crippen molar-refractivity contribution >= 4 is 0 Å². The van der Waals surface area contributed by atoms with Crippen LogP contribution in [0.5, 0.6) is 0 Å². The molecule has 11 heteroatoms. The number of hydrogen-bond donors (Lipinski definition) is 4. The molecule has 250 valence electrons. The molecule has 0 saturated carbocycles. The lowest BCUT2D eigenvalue weighted by Gasteiger charge is -2.59. The van der Waals surface area contributed by atoms with Crippen LogP contribution in [0.25, 0.3) is 0 Å². The fourth-order valence-corrected chi connectivity index (χ4v) is 9.12. The first-order valence-corrected chi connectivity index (χ1v) is 16.5. The Morgan fingerprint density at radius 2 is 1.20 bits per heavy atom. The number of aliphatic hydroxyl groups is 4. The smallest absolute Gasteiger partial charge is 0.115 e.